The van der Waals surface area contributed by atoms with Crippen LogP contribution in [-0.4, -0.2) is 6.61 Å². The van der Waals surface area contributed by atoms with E-state index in [0.717, 1.165) is 0 Å². The number of nitrogens with one attached hydrogen (secondary N) is 1. The van der Waals surface area contributed by atoms with Gasteiger partial charge in [0.2, 0.25) is 0 Å². The molecular formula is C15H14BrF2NO. The number of anilines is 1. The maximum Gasteiger partial charge on any atom is 0.145 e. The topological polar surface area (TPSA) is 21.3 Å². The molecule has 5 heteroatoms. The fourth-order valence-corrected chi connectivity index (χ4v) is 2.18. The molecule has 0 radical (unpaired) electrons. The summed E-state index contributed by atoms with van der Waals surface area (Å²) < 4.78 is 33.2. The molecule has 0 aliphatic heterocycles. The lowest BCUT2D eigenvalue weighted by Crippen LogP contribution is -2.06. The van der Waals surface area contributed by atoms with Crippen LogP contribution < -0.4 is 10.1 Å². The first kappa shape index (κ1) is 14.8. The van der Waals surface area contributed by atoms with Crippen LogP contribution in [-0.2, 0) is 6.54 Å². The Morgan fingerprint density at radius 1 is 1.15 bits per heavy atom. The van der Waals surface area contributed by atoms with Gasteiger partial charge in [0.05, 0.1) is 16.8 Å². The minimum absolute atomic E-state index is 0.00863. The highest BCUT2D eigenvalue weighted by Gasteiger charge is 2.12. The van der Waals surface area contributed by atoms with Crippen molar-refractivity contribution in [1.82, 2.24) is 0 Å². The molecule has 0 saturated carbocycles. The molecule has 0 aliphatic rings. The van der Waals surface area contributed by atoms with Crippen molar-refractivity contribution in [3.63, 3.8) is 0 Å². The monoisotopic (exact) mass is 341 g/mol. The third-order valence-corrected chi connectivity index (χ3v) is 3.39. The van der Waals surface area contributed by atoms with E-state index in [1.807, 2.05) is 19.1 Å². The van der Waals surface area contributed by atoms with E-state index in [4.69, 9.17) is 4.74 Å². The van der Waals surface area contributed by atoms with E-state index in [1.165, 1.54) is 12.1 Å². The third-order valence-electron chi connectivity index (χ3n) is 2.78. The largest absolute Gasteiger partial charge is 0.492 e. The second-order valence-electron chi connectivity index (χ2n) is 4.10. The van der Waals surface area contributed by atoms with Gasteiger partial charge in [0.15, 0.2) is 0 Å². The SMILES string of the molecule is CCOc1ccccc1NCc1c(F)ccc(Br)c1F. The Labute approximate surface area is 124 Å². The quantitative estimate of drug-likeness (QED) is 0.793. The molecule has 0 heterocycles. The molecule has 0 atom stereocenters. The normalized spacial score (nSPS) is 10.4. The number of hydrogen-bond acceptors (Lipinski definition) is 2. The van der Waals surface area contributed by atoms with E-state index in [9.17, 15) is 8.78 Å². The van der Waals surface area contributed by atoms with Gasteiger partial charge in [-0.3, -0.25) is 0 Å². The summed E-state index contributed by atoms with van der Waals surface area (Å²) in [5.74, 6) is -0.510. The molecule has 0 aromatic heterocycles. The smallest absolute Gasteiger partial charge is 0.145 e. The molecule has 2 rings (SSSR count). The highest BCUT2D eigenvalue weighted by atomic mass is 79.9. The van der Waals surface area contributed by atoms with E-state index in [1.54, 1.807) is 12.1 Å². The lowest BCUT2D eigenvalue weighted by atomic mass is 10.2. The van der Waals surface area contributed by atoms with E-state index >= 15 is 0 Å². The van der Waals surface area contributed by atoms with Gasteiger partial charge in [0.25, 0.3) is 0 Å². The minimum atomic E-state index is -0.591. The molecule has 0 amide bonds. The second-order valence-corrected chi connectivity index (χ2v) is 4.96. The van der Waals surface area contributed by atoms with Crippen LogP contribution in [0.15, 0.2) is 40.9 Å². The van der Waals surface area contributed by atoms with Crippen LogP contribution in [0.1, 0.15) is 12.5 Å². The third kappa shape index (κ3) is 3.28. The maximum atomic E-state index is 13.9. The molecule has 0 unspecified atom stereocenters. The zero-order chi connectivity index (χ0) is 14.5. The standard InChI is InChI=1S/C15H14BrF2NO/c1-2-20-14-6-4-3-5-13(14)19-9-10-12(17)8-7-11(16)15(10)18/h3-8,19H,2,9H2,1H3. The fourth-order valence-electron chi connectivity index (χ4n) is 1.81. The van der Waals surface area contributed by atoms with Gasteiger partial charge in [-0.2, -0.15) is 0 Å². The van der Waals surface area contributed by atoms with Crippen molar-refractivity contribution in [3.05, 3.63) is 58.1 Å². The van der Waals surface area contributed by atoms with Crippen molar-refractivity contribution in [2.75, 3.05) is 11.9 Å². The van der Waals surface area contributed by atoms with Crippen molar-refractivity contribution < 1.29 is 13.5 Å². The summed E-state index contributed by atoms with van der Waals surface area (Å²) in [5, 5.41) is 3.00. The van der Waals surface area contributed by atoms with E-state index < -0.39 is 11.6 Å². The molecule has 106 valence electrons. The summed E-state index contributed by atoms with van der Waals surface area (Å²) in [5.41, 5.74) is 0.693. The lowest BCUT2D eigenvalue weighted by molar-refractivity contribution is 0.341. The molecule has 0 aliphatic carbocycles. The first-order valence-corrected chi connectivity index (χ1v) is 7.00. The van der Waals surface area contributed by atoms with Crippen molar-refractivity contribution >= 4 is 21.6 Å². The fraction of sp³-hybridized carbons (Fsp3) is 0.200. The number of halogens is 3. The van der Waals surface area contributed by atoms with Crippen LogP contribution in [0.3, 0.4) is 0 Å². The molecule has 0 fully saturated rings. The first-order chi connectivity index (χ1) is 9.63. The van der Waals surface area contributed by atoms with Gasteiger partial charge in [-0.15, -0.1) is 0 Å². The van der Waals surface area contributed by atoms with Gasteiger partial charge in [0.1, 0.15) is 17.4 Å². The Morgan fingerprint density at radius 3 is 2.65 bits per heavy atom. The molecule has 0 spiro atoms. The molecule has 2 nitrogen and oxygen atoms in total. The lowest BCUT2D eigenvalue weighted by Gasteiger charge is -2.13. The maximum absolute atomic E-state index is 13.9. The van der Waals surface area contributed by atoms with Crippen molar-refractivity contribution in [1.29, 1.82) is 0 Å². The zero-order valence-corrected chi connectivity index (χ0v) is 12.5. The highest BCUT2D eigenvalue weighted by molar-refractivity contribution is 9.10. The highest BCUT2D eigenvalue weighted by Crippen LogP contribution is 2.26. The van der Waals surface area contributed by atoms with Gasteiger partial charge < -0.3 is 10.1 Å². The molecule has 1 N–H and O–H groups in total. The van der Waals surface area contributed by atoms with E-state index in [0.29, 0.717) is 18.0 Å². The predicted octanol–water partition coefficient (Wildman–Crippen LogP) is 4.74. The van der Waals surface area contributed by atoms with Crippen LogP contribution >= 0.6 is 15.9 Å². The number of hydrogen-bond donors (Lipinski definition) is 1. The molecule has 2 aromatic rings. The van der Waals surface area contributed by atoms with Crippen molar-refractivity contribution in [3.8, 4) is 5.75 Å². The number of ether oxygens (including phenoxy) is 1. The molecule has 2 aromatic carbocycles. The van der Waals surface area contributed by atoms with Crippen LogP contribution in [0.4, 0.5) is 14.5 Å². The van der Waals surface area contributed by atoms with Gasteiger partial charge in [0, 0.05) is 12.1 Å². The van der Waals surface area contributed by atoms with E-state index in [-0.39, 0.29) is 16.6 Å². The first-order valence-electron chi connectivity index (χ1n) is 6.21. The Morgan fingerprint density at radius 2 is 1.90 bits per heavy atom. The molecule has 0 saturated heterocycles. The second kappa shape index (κ2) is 6.70. The average molecular weight is 342 g/mol. The van der Waals surface area contributed by atoms with Crippen LogP contribution in [0.5, 0.6) is 5.75 Å². The summed E-state index contributed by atoms with van der Waals surface area (Å²) in [7, 11) is 0. The molecule has 0 bridgehead atoms. The summed E-state index contributed by atoms with van der Waals surface area (Å²) >= 11 is 3.05. The zero-order valence-electron chi connectivity index (χ0n) is 10.9. The number of rotatable bonds is 5. The van der Waals surface area contributed by atoms with Gasteiger partial charge in [-0.05, 0) is 47.1 Å². The predicted molar refractivity (Wildman–Crippen MR) is 79.0 cm³/mol. The summed E-state index contributed by atoms with van der Waals surface area (Å²) in [6.07, 6.45) is 0. The Bertz CT molecular complexity index is 604. The number of para-hydroxylation sites is 2. The Kier molecular flexibility index (Phi) is 4.95. The Balaban J connectivity index is 2.19. The molecule has 20 heavy (non-hydrogen) atoms. The van der Waals surface area contributed by atoms with Gasteiger partial charge in [-0.1, -0.05) is 12.1 Å². The summed E-state index contributed by atoms with van der Waals surface area (Å²) in [6, 6.07) is 9.87. The summed E-state index contributed by atoms with van der Waals surface area (Å²) in [4.78, 5) is 0. The minimum Gasteiger partial charge on any atom is -0.492 e. The van der Waals surface area contributed by atoms with E-state index in [2.05, 4.69) is 21.2 Å². The number of benzene rings is 2. The van der Waals surface area contributed by atoms with Crippen LogP contribution in [0.25, 0.3) is 0 Å². The van der Waals surface area contributed by atoms with Crippen molar-refractivity contribution in [2.45, 2.75) is 13.5 Å². The van der Waals surface area contributed by atoms with Crippen LogP contribution in [0.2, 0.25) is 0 Å². The Hall–Kier alpha value is -1.62. The van der Waals surface area contributed by atoms with Gasteiger partial charge in [-0.25, -0.2) is 8.78 Å². The van der Waals surface area contributed by atoms with Crippen molar-refractivity contribution in [2.24, 2.45) is 0 Å². The van der Waals surface area contributed by atoms with Crippen LogP contribution in [0, 0.1) is 11.6 Å². The van der Waals surface area contributed by atoms with Gasteiger partial charge >= 0.3 is 0 Å². The summed E-state index contributed by atoms with van der Waals surface area (Å²) in [6.45, 7) is 2.45. The molecular weight excluding hydrogens is 328 g/mol. The average Bonchev–Trinajstić information content (AvgIpc) is 2.45.